The highest BCUT2D eigenvalue weighted by atomic mass is 16.7. The number of hydroxylamine groups is 2. The summed E-state index contributed by atoms with van der Waals surface area (Å²) in [6.45, 7) is 0. The van der Waals surface area contributed by atoms with Gasteiger partial charge in [0, 0.05) is 57.5 Å². The number of nitrogens with zero attached hydrogens (tertiary/aromatic N) is 3. The highest BCUT2D eigenvalue weighted by Gasteiger charge is 2.33. The molecule has 0 saturated carbocycles. The average molecular weight is 758 g/mol. The van der Waals surface area contributed by atoms with Gasteiger partial charge in [-0.1, -0.05) is 103 Å². The maximum absolute atomic E-state index is 13.1. The first-order chi connectivity index (χ1) is 28.5. The summed E-state index contributed by atoms with van der Waals surface area (Å²) in [5.41, 5.74) is 15.2. The molecule has 10 rings (SSSR count). The zero-order chi connectivity index (χ0) is 39.2. The first-order valence-corrected chi connectivity index (χ1v) is 19.3. The molecule has 0 atom stereocenters. The summed E-state index contributed by atoms with van der Waals surface area (Å²) in [6.07, 6.45) is 9.94. The highest BCUT2D eigenvalue weighted by Crippen LogP contribution is 2.39. The second-order valence-corrected chi connectivity index (χ2v) is 14.4. The van der Waals surface area contributed by atoms with Gasteiger partial charge in [-0.3, -0.25) is 9.59 Å². The van der Waals surface area contributed by atoms with E-state index in [1.807, 2.05) is 66.7 Å². The highest BCUT2D eigenvalue weighted by molar-refractivity contribution is 6.03. The third kappa shape index (κ3) is 6.28. The van der Waals surface area contributed by atoms with Crippen molar-refractivity contribution in [2.45, 2.75) is 25.7 Å². The van der Waals surface area contributed by atoms with Gasteiger partial charge in [0.15, 0.2) is 0 Å². The first-order valence-electron chi connectivity index (χ1n) is 19.3. The number of aromatic amines is 2. The number of rotatable bonds is 6. The van der Waals surface area contributed by atoms with Crippen LogP contribution in [-0.4, -0.2) is 42.8 Å². The zero-order valence-electron chi connectivity index (χ0n) is 31.2. The molecule has 0 radical (unpaired) electrons. The predicted octanol–water partition coefficient (Wildman–Crippen LogP) is 10.1. The number of imide groups is 1. The quantitative estimate of drug-likeness (QED) is 0.163. The van der Waals surface area contributed by atoms with Crippen LogP contribution in [0.1, 0.15) is 57.4 Å². The van der Waals surface area contributed by atoms with E-state index in [2.05, 4.69) is 82.8 Å². The maximum Gasteiger partial charge on any atom is 0.363 e. The van der Waals surface area contributed by atoms with Crippen LogP contribution in [0.25, 0.3) is 79.8 Å². The average Bonchev–Trinajstić information content (AvgIpc) is 4.13. The number of carbonyl (C=O) groups excluding carboxylic acids is 3. The lowest BCUT2D eigenvalue weighted by Crippen LogP contribution is -2.32. The fourth-order valence-electron chi connectivity index (χ4n) is 8.12. The Hall–Kier alpha value is -7.65. The van der Waals surface area contributed by atoms with Gasteiger partial charge < -0.3 is 14.8 Å². The van der Waals surface area contributed by atoms with Crippen LogP contribution in [0, 0.1) is 0 Å². The maximum atomic E-state index is 13.1. The van der Waals surface area contributed by atoms with Gasteiger partial charge in [0.05, 0.1) is 28.3 Å². The number of amides is 2. The van der Waals surface area contributed by atoms with Crippen molar-refractivity contribution in [2.24, 2.45) is 0 Å². The second kappa shape index (κ2) is 14.5. The molecule has 2 amide bonds. The number of hydrogen-bond acceptors (Lipinski definition) is 6. The van der Waals surface area contributed by atoms with Gasteiger partial charge in [0.2, 0.25) is 0 Å². The molecule has 1 saturated heterocycles. The molecule has 9 nitrogen and oxygen atoms in total. The molecule has 58 heavy (non-hydrogen) atoms. The molecule has 4 aliphatic heterocycles. The van der Waals surface area contributed by atoms with Crippen molar-refractivity contribution in [3.8, 4) is 44.5 Å². The second-order valence-electron chi connectivity index (χ2n) is 14.4. The Morgan fingerprint density at radius 3 is 1.31 bits per heavy atom. The number of aromatic nitrogens is 4. The first kappa shape index (κ1) is 34.8. The van der Waals surface area contributed by atoms with Crippen LogP contribution in [0.4, 0.5) is 0 Å². The summed E-state index contributed by atoms with van der Waals surface area (Å²) in [5, 5.41) is 0.563. The summed E-state index contributed by atoms with van der Waals surface area (Å²) in [6, 6.07) is 42.1. The van der Waals surface area contributed by atoms with E-state index >= 15 is 0 Å². The van der Waals surface area contributed by atoms with Crippen molar-refractivity contribution in [2.75, 3.05) is 0 Å². The van der Waals surface area contributed by atoms with E-state index in [9.17, 15) is 14.4 Å². The summed E-state index contributed by atoms with van der Waals surface area (Å²) in [4.78, 5) is 60.9. The van der Waals surface area contributed by atoms with Crippen molar-refractivity contribution in [1.82, 2.24) is 25.0 Å². The lowest BCUT2D eigenvalue weighted by atomic mass is 9.99. The minimum atomic E-state index is -0.787. The van der Waals surface area contributed by atoms with E-state index < -0.39 is 17.8 Å². The molecule has 6 heterocycles. The Bertz CT molecular complexity index is 2890. The molecule has 2 aromatic heterocycles. The number of nitrogens with one attached hydrogen (secondary N) is 2. The number of aryl methyl sites for hydroxylation is 2. The van der Waals surface area contributed by atoms with Crippen molar-refractivity contribution >= 4 is 53.1 Å². The molecule has 1 fully saturated rings. The monoisotopic (exact) mass is 757 g/mol. The fraction of sp³-hybridized carbons (Fsp3) is 0.0816. The molecular formula is C49H35N5O4. The fourth-order valence-corrected chi connectivity index (χ4v) is 8.12. The Kier molecular flexibility index (Phi) is 8.67. The molecule has 0 aliphatic carbocycles. The smallest absolute Gasteiger partial charge is 0.361 e. The summed E-state index contributed by atoms with van der Waals surface area (Å²) < 4.78 is 0. The SMILES string of the molecule is O=C(ON1C(=O)CCC1=O)c1ccc(-c2c3nc(c(-c4ccccc4)c4[nH]c(c(-c5ccccc5)c5nc(c(-c6ccccc6)c6ccc2[nH]6)C=C5)CC4)C=C3)cc1. The minimum absolute atomic E-state index is 0.0218. The molecule has 0 unspecified atom stereocenters. The third-order valence-electron chi connectivity index (χ3n) is 10.8. The summed E-state index contributed by atoms with van der Waals surface area (Å²) >= 11 is 0. The summed E-state index contributed by atoms with van der Waals surface area (Å²) in [7, 11) is 0. The molecule has 9 heteroatoms. The Morgan fingerprint density at radius 1 is 0.466 bits per heavy atom. The Balaban J connectivity index is 1.25. The molecule has 2 N–H and O–H groups in total. The van der Waals surface area contributed by atoms with Crippen molar-refractivity contribution in [3.63, 3.8) is 0 Å². The number of hydrogen-bond donors (Lipinski definition) is 2. The topological polar surface area (TPSA) is 121 Å². The number of benzene rings is 4. The van der Waals surface area contributed by atoms with E-state index in [1.54, 1.807) is 12.1 Å². The van der Waals surface area contributed by atoms with E-state index in [-0.39, 0.29) is 18.4 Å². The molecule has 8 bridgehead atoms. The van der Waals surface area contributed by atoms with Crippen LogP contribution in [0.2, 0.25) is 0 Å². The van der Waals surface area contributed by atoms with Gasteiger partial charge in [0.25, 0.3) is 11.8 Å². The molecule has 4 aliphatic rings. The van der Waals surface area contributed by atoms with Gasteiger partial charge >= 0.3 is 5.97 Å². The van der Waals surface area contributed by atoms with Crippen molar-refractivity contribution in [3.05, 3.63) is 167 Å². The zero-order valence-corrected chi connectivity index (χ0v) is 31.2. The van der Waals surface area contributed by atoms with Gasteiger partial charge in [-0.05, 0) is 83.7 Å². The predicted molar refractivity (Wildman–Crippen MR) is 226 cm³/mol. The van der Waals surface area contributed by atoms with Crippen LogP contribution in [0.5, 0.6) is 0 Å². The largest absolute Gasteiger partial charge is 0.363 e. The van der Waals surface area contributed by atoms with Crippen LogP contribution < -0.4 is 0 Å². The molecule has 4 aromatic carbocycles. The molecule has 6 aromatic rings. The van der Waals surface area contributed by atoms with Gasteiger partial charge in [-0.15, -0.1) is 5.06 Å². The van der Waals surface area contributed by atoms with Crippen molar-refractivity contribution in [1.29, 1.82) is 0 Å². The normalized spacial score (nSPS) is 13.9. The number of H-pyrrole nitrogens is 2. The summed E-state index contributed by atoms with van der Waals surface area (Å²) in [5.74, 6) is -1.85. The van der Waals surface area contributed by atoms with Crippen LogP contribution in [0.3, 0.4) is 0 Å². The van der Waals surface area contributed by atoms with E-state index in [4.69, 9.17) is 14.8 Å². The lowest BCUT2D eigenvalue weighted by molar-refractivity contribution is -0.172. The molecular weight excluding hydrogens is 723 g/mol. The van der Waals surface area contributed by atoms with E-state index in [0.717, 1.165) is 103 Å². The Labute approximate surface area is 333 Å². The van der Waals surface area contributed by atoms with Crippen molar-refractivity contribution < 1.29 is 19.2 Å². The van der Waals surface area contributed by atoms with Gasteiger partial charge in [0.1, 0.15) is 0 Å². The van der Waals surface area contributed by atoms with Crippen LogP contribution in [-0.2, 0) is 27.3 Å². The molecule has 0 spiro atoms. The van der Waals surface area contributed by atoms with Gasteiger partial charge in [-0.25, -0.2) is 14.8 Å². The van der Waals surface area contributed by atoms with E-state index in [0.29, 0.717) is 5.06 Å². The number of fused-ring (bicyclic) bond motifs is 8. The lowest BCUT2D eigenvalue weighted by Gasteiger charge is -2.12. The third-order valence-corrected chi connectivity index (χ3v) is 10.8. The van der Waals surface area contributed by atoms with E-state index in [1.165, 1.54) is 0 Å². The minimum Gasteiger partial charge on any atom is -0.361 e. The van der Waals surface area contributed by atoms with Crippen LogP contribution >= 0.6 is 0 Å². The molecule has 280 valence electrons. The standard InChI is InChI=1S/C49H35N5O4/c55-43-28-29-44(56)54(43)58-49(57)34-18-16-33(17-19-34)48-41-26-24-39(52-41)46(31-12-6-2-7-13-31)37-22-20-35(50-37)45(30-10-4-1-5-11-30)36-21-23-38(51-36)47(32-14-8-3-9-15-32)40-25-27-42(48)53-40/h1-20,22,24-27,51-52H,21,23,28-29H2. The van der Waals surface area contributed by atoms with Crippen LogP contribution in [0.15, 0.2) is 127 Å². The van der Waals surface area contributed by atoms with Gasteiger partial charge in [-0.2, -0.15) is 0 Å². The number of carbonyl (C=O) groups is 3. The Morgan fingerprint density at radius 2 is 0.862 bits per heavy atom.